The van der Waals surface area contributed by atoms with E-state index in [1.54, 1.807) is 23.3 Å². The van der Waals surface area contributed by atoms with Crippen LogP contribution in [-0.2, 0) is 16.1 Å². The minimum absolute atomic E-state index is 0. The van der Waals surface area contributed by atoms with Gasteiger partial charge in [-0.05, 0) is 27.2 Å². The second-order valence-corrected chi connectivity index (χ2v) is 5.93. The lowest BCUT2D eigenvalue weighted by Crippen LogP contribution is -2.28. The molecule has 1 amide bonds. The normalized spacial score (nSPS) is 12.8. The summed E-state index contributed by atoms with van der Waals surface area (Å²) in [6, 6.07) is 0.0604. The largest absolute Gasteiger partial charge is 0.372 e. The quantitative estimate of drug-likeness (QED) is 0.761. The van der Waals surface area contributed by atoms with Gasteiger partial charge in [0.15, 0.2) is 0 Å². The summed E-state index contributed by atoms with van der Waals surface area (Å²) in [6.07, 6.45) is 1.21. The van der Waals surface area contributed by atoms with Gasteiger partial charge in [-0.3, -0.25) is 4.79 Å². The molecule has 1 aromatic heterocycles. The minimum atomic E-state index is 0. The first-order valence-corrected chi connectivity index (χ1v) is 7.87. The Morgan fingerprint density at radius 1 is 1.45 bits per heavy atom. The topological polar surface area (TPSA) is 68.5 Å². The Hall–Kier alpha value is -0.400. The number of hydrogen-bond acceptors (Lipinski definition) is 5. The maximum atomic E-state index is 11.9. The van der Waals surface area contributed by atoms with E-state index in [9.17, 15) is 4.79 Å². The predicted molar refractivity (Wildman–Crippen MR) is 96.0 cm³/mol. The Labute approximate surface area is 149 Å². The predicted octanol–water partition coefficient (Wildman–Crippen LogP) is 3.17. The number of hydrogen-bond donors (Lipinski definition) is 1. The van der Waals surface area contributed by atoms with Gasteiger partial charge in [-0.25, -0.2) is 4.98 Å². The lowest BCUT2D eigenvalue weighted by molar-refractivity contribution is -0.130. The van der Waals surface area contributed by atoms with Gasteiger partial charge in [0.05, 0.1) is 12.2 Å². The number of carbonyl (C=O) groups excluding carboxylic acids is 1. The number of carbonyl (C=O) groups is 1. The van der Waals surface area contributed by atoms with E-state index >= 15 is 0 Å². The van der Waals surface area contributed by atoms with E-state index in [2.05, 4.69) is 4.98 Å². The summed E-state index contributed by atoms with van der Waals surface area (Å²) in [7, 11) is 1.80. The number of aromatic nitrogens is 1. The summed E-state index contributed by atoms with van der Waals surface area (Å²) in [5, 5.41) is 2.94. The molecule has 130 valence electrons. The third kappa shape index (κ3) is 8.29. The van der Waals surface area contributed by atoms with Crippen LogP contribution in [0.25, 0.3) is 0 Å². The maximum absolute atomic E-state index is 11.9. The molecule has 1 rings (SSSR count). The fraction of sp³-hybridized carbons (Fsp3) is 0.714. The second kappa shape index (κ2) is 12.1. The number of ether oxygens (including phenoxy) is 1. The van der Waals surface area contributed by atoms with Crippen LogP contribution in [0.2, 0.25) is 0 Å². The van der Waals surface area contributed by atoms with Gasteiger partial charge in [0.25, 0.3) is 0 Å². The summed E-state index contributed by atoms with van der Waals surface area (Å²) < 4.78 is 5.51. The Morgan fingerprint density at radius 2 is 2.09 bits per heavy atom. The summed E-state index contributed by atoms with van der Waals surface area (Å²) in [5.74, 6) is 0.106. The van der Waals surface area contributed by atoms with Crippen molar-refractivity contribution in [2.75, 3.05) is 13.7 Å². The van der Waals surface area contributed by atoms with E-state index in [0.717, 1.165) is 10.7 Å². The average Bonchev–Trinajstić information content (AvgIpc) is 2.84. The fourth-order valence-electron chi connectivity index (χ4n) is 1.78. The van der Waals surface area contributed by atoms with Crippen LogP contribution in [0.3, 0.4) is 0 Å². The third-order valence-electron chi connectivity index (χ3n) is 2.97. The molecule has 2 atom stereocenters. The van der Waals surface area contributed by atoms with Gasteiger partial charge in [-0.2, -0.15) is 0 Å². The van der Waals surface area contributed by atoms with E-state index in [-0.39, 0.29) is 42.9 Å². The first-order chi connectivity index (χ1) is 9.43. The van der Waals surface area contributed by atoms with Crippen molar-refractivity contribution in [2.45, 2.75) is 52.3 Å². The highest BCUT2D eigenvalue weighted by molar-refractivity contribution is 7.09. The standard InChI is InChI=1S/C14H25N3O2S.2ClH/c1-5-19-11(3)14-16-12(9-20-14)8-17(4)13(18)7-6-10(2)15;;/h9-11H,5-8,15H2,1-4H3;2*1H. The third-order valence-corrected chi connectivity index (χ3v) is 4.03. The van der Waals surface area contributed by atoms with Gasteiger partial charge in [0.1, 0.15) is 11.1 Å². The molecule has 0 aliphatic heterocycles. The zero-order valence-corrected chi connectivity index (χ0v) is 16.0. The zero-order chi connectivity index (χ0) is 15.1. The van der Waals surface area contributed by atoms with Crippen molar-refractivity contribution in [2.24, 2.45) is 5.73 Å². The fourth-order valence-corrected chi connectivity index (χ4v) is 2.59. The second-order valence-electron chi connectivity index (χ2n) is 5.04. The van der Waals surface area contributed by atoms with Crippen LogP contribution in [-0.4, -0.2) is 35.5 Å². The summed E-state index contributed by atoms with van der Waals surface area (Å²) >= 11 is 1.58. The number of amides is 1. The van der Waals surface area contributed by atoms with Crippen LogP contribution in [0.1, 0.15) is 50.4 Å². The van der Waals surface area contributed by atoms with Crippen LogP contribution in [0, 0.1) is 0 Å². The molecule has 0 aliphatic carbocycles. The van der Waals surface area contributed by atoms with E-state index in [4.69, 9.17) is 10.5 Å². The molecule has 0 saturated carbocycles. The highest BCUT2D eigenvalue weighted by atomic mass is 35.5. The van der Waals surface area contributed by atoms with E-state index < -0.39 is 0 Å². The van der Waals surface area contributed by atoms with Gasteiger partial charge in [0.2, 0.25) is 5.91 Å². The average molecular weight is 372 g/mol. The molecule has 0 saturated heterocycles. The molecule has 1 aromatic rings. The van der Waals surface area contributed by atoms with Crippen LogP contribution >= 0.6 is 36.2 Å². The van der Waals surface area contributed by atoms with Crippen molar-refractivity contribution in [3.8, 4) is 0 Å². The first-order valence-electron chi connectivity index (χ1n) is 6.99. The summed E-state index contributed by atoms with van der Waals surface area (Å²) in [4.78, 5) is 18.1. The molecule has 0 bridgehead atoms. The first kappa shape index (κ1) is 23.9. The number of halogens is 2. The lowest BCUT2D eigenvalue weighted by atomic mass is 10.2. The summed E-state index contributed by atoms with van der Waals surface area (Å²) in [5.41, 5.74) is 6.57. The van der Waals surface area contributed by atoms with Crippen LogP contribution < -0.4 is 5.73 Å². The molecule has 0 radical (unpaired) electrons. The van der Waals surface area contributed by atoms with E-state index in [1.807, 2.05) is 26.2 Å². The molecule has 0 aromatic carbocycles. The molecular weight excluding hydrogens is 345 g/mol. The van der Waals surface area contributed by atoms with Gasteiger partial charge < -0.3 is 15.4 Å². The van der Waals surface area contributed by atoms with Gasteiger partial charge >= 0.3 is 0 Å². The zero-order valence-electron chi connectivity index (χ0n) is 13.6. The molecular formula is C14H27Cl2N3O2S. The van der Waals surface area contributed by atoms with Crippen LogP contribution in [0.15, 0.2) is 5.38 Å². The highest BCUT2D eigenvalue weighted by Gasteiger charge is 2.14. The maximum Gasteiger partial charge on any atom is 0.222 e. The molecule has 2 N–H and O–H groups in total. The number of nitrogens with two attached hydrogens (primary N) is 1. The molecule has 22 heavy (non-hydrogen) atoms. The summed E-state index contributed by atoms with van der Waals surface area (Å²) in [6.45, 7) is 7.08. The molecule has 0 fully saturated rings. The molecule has 8 heteroatoms. The minimum Gasteiger partial charge on any atom is -0.372 e. The smallest absolute Gasteiger partial charge is 0.222 e. The molecule has 0 spiro atoms. The molecule has 2 unspecified atom stereocenters. The highest BCUT2D eigenvalue weighted by Crippen LogP contribution is 2.21. The molecule has 5 nitrogen and oxygen atoms in total. The molecule has 1 heterocycles. The Balaban J connectivity index is 0. The van der Waals surface area contributed by atoms with Gasteiger partial charge in [0, 0.05) is 31.5 Å². The SMILES string of the molecule is CCOC(C)c1nc(CN(C)C(=O)CCC(C)N)cs1.Cl.Cl. The number of nitrogens with zero attached hydrogens (tertiary/aromatic N) is 2. The Kier molecular flexibility index (Phi) is 13.1. The van der Waals surface area contributed by atoms with Crippen molar-refractivity contribution in [3.63, 3.8) is 0 Å². The van der Waals surface area contributed by atoms with Crippen molar-refractivity contribution >= 4 is 42.1 Å². The van der Waals surface area contributed by atoms with Gasteiger partial charge in [-0.15, -0.1) is 36.2 Å². The number of thiazole rings is 1. The Morgan fingerprint density at radius 3 is 2.64 bits per heavy atom. The Bertz CT molecular complexity index is 430. The van der Waals surface area contributed by atoms with Crippen LogP contribution in [0.5, 0.6) is 0 Å². The van der Waals surface area contributed by atoms with Crippen molar-refractivity contribution in [3.05, 3.63) is 16.1 Å². The van der Waals surface area contributed by atoms with E-state index in [0.29, 0.717) is 26.0 Å². The number of rotatable bonds is 8. The van der Waals surface area contributed by atoms with Crippen molar-refractivity contribution < 1.29 is 9.53 Å². The van der Waals surface area contributed by atoms with Crippen molar-refractivity contribution in [1.29, 1.82) is 0 Å². The van der Waals surface area contributed by atoms with Crippen molar-refractivity contribution in [1.82, 2.24) is 9.88 Å². The van der Waals surface area contributed by atoms with Gasteiger partial charge in [-0.1, -0.05) is 0 Å². The lowest BCUT2D eigenvalue weighted by Gasteiger charge is -2.16. The monoisotopic (exact) mass is 371 g/mol. The van der Waals surface area contributed by atoms with E-state index in [1.165, 1.54) is 0 Å². The molecule has 0 aliphatic rings. The van der Waals surface area contributed by atoms with Crippen LogP contribution in [0.4, 0.5) is 0 Å².